The molecule has 0 spiro atoms. The summed E-state index contributed by atoms with van der Waals surface area (Å²) in [5.41, 5.74) is 4.88. The summed E-state index contributed by atoms with van der Waals surface area (Å²) in [6.07, 6.45) is 2.52. The molecule has 1 unspecified atom stereocenters. The second kappa shape index (κ2) is 14.3. The number of nitrogens with zero attached hydrogens (tertiary/aromatic N) is 6. The Morgan fingerprint density at radius 3 is 2.49 bits per heavy atom. The maximum absolute atomic E-state index is 15.0. The first-order chi connectivity index (χ1) is 25.3. The number of amides is 3. The number of aromatic nitrogens is 4. The number of aryl methyl sites for hydroxylation is 2. The fraction of sp³-hybridized carbons (Fsp3) is 0.350. The van der Waals surface area contributed by atoms with E-state index in [9.17, 15) is 14.4 Å². The average molecular weight is 720 g/mol. The Morgan fingerprint density at radius 2 is 1.75 bits per heavy atom. The molecule has 0 radical (unpaired) electrons. The minimum absolute atomic E-state index is 0.0682. The van der Waals surface area contributed by atoms with Crippen molar-refractivity contribution in [2.75, 3.05) is 23.3 Å². The third-order valence-electron chi connectivity index (χ3n) is 9.63. The van der Waals surface area contributed by atoms with Crippen LogP contribution in [0.5, 0.6) is 0 Å². The molecule has 13 heteroatoms. The van der Waals surface area contributed by atoms with E-state index in [2.05, 4.69) is 20.8 Å². The number of piperidine rings is 1. The van der Waals surface area contributed by atoms with Gasteiger partial charge >= 0.3 is 6.09 Å². The molecule has 7 rings (SSSR count). The van der Waals surface area contributed by atoms with Gasteiger partial charge in [0, 0.05) is 53.9 Å². The summed E-state index contributed by atoms with van der Waals surface area (Å²) < 4.78 is 28.0. The van der Waals surface area contributed by atoms with E-state index in [-0.39, 0.29) is 24.2 Å². The highest BCUT2D eigenvalue weighted by Gasteiger charge is 2.44. The molecule has 1 N–H and O–H groups in total. The lowest BCUT2D eigenvalue weighted by molar-refractivity contribution is -0.133. The number of hydrogen-bond acceptors (Lipinski definition) is 8. The lowest BCUT2D eigenvalue weighted by atomic mass is 9.93. The van der Waals surface area contributed by atoms with Crippen LogP contribution in [0, 0.1) is 19.7 Å². The Kier molecular flexibility index (Phi) is 9.58. The molecule has 274 valence electrons. The standard InChI is InChI=1S/C40H42FN7O5/c1-24-17-32(41)31-21-36(48(35(31)18-24)39(51)52-40(3,4)5)38(50)46-15-13-26(14-16-46)33-20-29(53-44-33)22-47-23-34(43-45-47)27-12-11-25(2)30(19-27)37(49)42-28-9-7-6-8-10-28/h6-12,17-20,23,26,36H,13-16,21-22H2,1-5H3,(H,42,49). The van der Waals surface area contributed by atoms with Crippen LogP contribution in [0.4, 0.5) is 20.6 Å². The monoisotopic (exact) mass is 719 g/mol. The largest absolute Gasteiger partial charge is 0.443 e. The first-order valence-electron chi connectivity index (χ1n) is 17.8. The van der Waals surface area contributed by atoms with Crippen LogP contribution in [0.2, 0.25) is 0 Å². The smallest absolute Gasteiger partial charge is 0.415 e. The number of rotatable bonds is 7. The maximum atomic E-state index is 15.0. The number of fused-ring (bicyclic) bond motifs is 1. The van der Waals surface area contributed by atoms with E-state index in [1.54, 1.807) is 49.5 Å². The molecule has 2 aromatic heterocycles. The second-order valence-corrected chi connectivity index (χ2v) is 14.8. The summed E-state index contributed by atoms with van der Waals surface area (Å²) in [4.78, 5) is 43.4. The molecule has 1 saturated heterocycles. The molecule has 0 saturated carbocycles. The van der Waals surface area contributed by atoms with Crippen molar-refractivity contribution < 1.29 is 28.0 Å². The summed E-state index contributed by atoms with van der Waals surface area (Å²) in [5.74, 6) is -0.193. The van der Waals surface area contributed by atoms with Gasteiger partial charge in [-0.1, -0.05) is 40.7 Å². The SMILES string of the molecule is Cc1cc(F)c2c(c1)N(C(=O)OC(C)(C)C)C(C(=O)N1CCC(c3cc(Cn4cc(-c5ccc(C)c(C(=O)Nc6ccccc6)c5)nn4)on3)CC1)C2. The number of hydrogen-bond donors (Lipinski definition) is 1. The zero-order chi connectivity index (χ0) is 37.4. The van der Waals surface area contributed by atoms with E-state index >= 15 is 4.39 Å². The van der Waals surface area contributed by atoms with Gasteiger partial charge in [0.1, 0.15) is 29.7 Å². The molecule has 3 aromatic carbocycles. The molecular formula is C40H42FN7O5. The molecule has 12 nitrogen and oxygen atoms in total. The van der Waals surface area contributed by atoms with Crippen molar-refractivity contribution in [1.29, 1.82) is 0 Å². The number of likely N-dealkylation sites (tertiary alicyclic amines) is 1. The van der Waals surface area contributed by atoms with Gasteiger partial charge in [0.25, 0.3) is 5.91 Å². The predicted molar refractivity (Wildman–Crippen MR) is 196 cm³/mol. The van der Waals surface area contributed by atoms with Crippen LogP contribution in [-0.4, -0.2) is 67.7 Å². The minimum Gasteiger partial charge on any atom is -0.443 e. The van der Waals surface area contributed by atoms with Crippen LogP contribution in [0.25, 0.3) is 11.3 Å². The van der Waals surface area contributed by atoms with Crippen LogP contribution in [0.15, 0.2) is 77.4 Å². The molecule has 0 aliphatic carbocycles. The van der Waals surface area contributed by atoms with E-state index in [0.717, 1.165) is 16.8 Å². The van der Waals surface area contributed by atoms with Gasteiger partial charge in [-0.2, -0.15) is 0 Å². The van der Waals surface area contributed by atoms with Gasteiger partial charge in [-0.05, 0) is 88.9 Å². The highest BCUT2D eigenvalue weighted by atomic mass is 19.1. The van der Waals surface area contributed by atoms with Crippen molar-refractivity contribution in [2.45, 2.75) is 78.0 Å². The Hall–Kier alpha value is -5.85. The molecule has 3 amide bonds. The van der Waals surface area contributed by atoms with Gasteiger partial charge in [-0.3, -0.25) is 14.5 Å². The lowest BCUT2D eigenvalue weighted by Crippen LogP contribution is -2.52. The van der Waals surface area contributed by atoms with Gasteiger partial charge in [-0.15, -0.1) is 5.10 Å². The fourth-order valence-electron chi connectivity index (χ4n) is 6.97. The van der Waals surface area contributed by atoms with E-state index in [0.29, 0.717) is 72.0 Å². The third-order valence-corrected chi connectivity index (χ3v) is 9.63. The number of carbonyl (C=O) groups is 3. The highest BCUT2D eigenvalue weighted by Crippen LogP contribution is 2.38. The number of carbonyl (C=O) groups excluding carboxylic acids is 3. The summed E-state index contributed by atoms with van der Waals surface area (Å²) in [6, 6.07) is 19.1. The molecule has 2 aliphatic heterocycles. The number of nitrogens with one attached hydrogen (secondary N) is 1. The molecule has 2 aliphatic rings. The minimum atomic E-state index is -0.892. The second-order valence-electron chi connectivity index (χ2n) is 14.8. The predicted octanol–water partition coefficient (Wildman–Crippen LogP) is 7.06. The third kappa shape index (κ3) is 7.69. The quantitative estimate of drug-likeness (QED) is 0.189. The fourth-order valence-corrected chi connectivity index (χ4v) is 6.97. The van der Waals surface area contributed by atoms with Crippen molar-refractivity contribution in [2.24, 2.45) is 0 Å². The molecule has 4 heterocycles. The van der Waals surface area contributed by atoms with Crippen molar-refractivity contribution in [3.8, 4) is 11.3 Å². The Balaban J connectivity index is 0.977. The van der Waals surface area contributed by atoms with Gasteiger partial charge in [0.05, 0.1) is 17.6 Å². The van der Waals surface area contributed by atoms with E-state index in [1.165, 1.54) is 11.0 Å². The Labute approximate surface area is 306 Å². The zero-order valence-electron chi connectivity index (χ0n) is 30.4. The van der Waals surface area contributed by atoms with Crippen LogP contribution in [0.3, 0.4) is 0 Å². The van der Waals surface area contributed by atoms with Crippen molar-refractivity contribution in [3.63, 3.8) is 0 Å². The summed E-state index contributed by atoms with van der Waals surface area (Å²) in [5, 5.41) is 15.9. The topological polar surface area (TPSA) is 136 Å². The molecule has 0 bridgehead atoms. The van der Waals surface area contributed by atoms with Crippen LogP contribution in [-0.2, 0) is 22.5 Å². The first kappa shape index (κ1) is 35.5. The molecule has 1 atom stereocenters. The summed E-state index contributed by atoms with van der Waals surface area (Å²) >= 11 is 0. The van der Waals surface area contributed by atoms with Crippen LogP contribution >= 0.6 is 0 Å². The molecule has 1 fully saturated rings. The summed E-state index contributed by atoms with van der Waals surface area (Å²) in [6.45, 7) is 10.1. The lowest BCUT2D eigenvalue weighted by Gasteiger charge is -2.35. The number of anilines is 2. The Morgan fingerprint density at radius 1 is 1.00 bits per heavy atom. The van der Waals surface area contributed by atoms with Crippen molar-refractivity contribution in [3.05, 3.63) is 112 Å². The normalized spacial score (nSPS) is 16.1. The van der Waals surface area contributed by atoms with E-state index in [1.807, 2.05) is 61.5 Å². The maximum Gasteiger partial charge on any atom is 0.415 e. The number of halogens is 1. The first-order valence-corrected chi connectivity index (χ1v) is 17.8. The van der Waals surface area contributed by atoms with E-state index in [4.69, 9.17) is 9.26 Å². The van der Waals surface area contributed by atoms with Crippen LogP contribution in [0.1, 0.15) is 78.0 Å². The van der Waals surface area contributed by atoms with Crippen LogP contribution < -0.4 is 10.2 Å². The molecule has 5 aromatic rings. The molecule has 53 heavy (non-hydrogen) atoms. The van der Waals surface area contributed by atoms with E-state index < -0.39 is 23.6 Å². The number of para-hydroxylation sites is 1. The van der Waals surface area contributed by atoms with Gasteiger partial charge in [0.2, 0.25) is 5.91 Å². The highest BCUT2D eigenvalue weighted by molar-refractivity contribution is 6.06. The number of ether oxygens (including phenoxy) is 1. The average Bonchev–Trinajstić information content (AvgIpc) is 3.87. The van der Waals surface area contributed by atoms with Gasteiger partial charge in [0.15, 0.2) is 5.76 Å². The zero-order valence-corrected chi connectivity index (χ0v) is 30.4. The summed E-state index contributed by atoms with van der Waals surface area (Å²) in [7, 11) is 0. The Bertz CT molecular complexity index is 2170. The van der Waals surface area contributed by atoms with Gasteiger partial charge in [-0.25, -0.2) is 13.9 Å². The van der Waals surface area contributed by atoms with Crippen molar-refractivity contribution in [1.82, 2.24) is 25.1 Å². The molecular weight excluding hydrogens is 677 g/mol. The van der Waals surface area contributed by atoms with Crippen molar-refractivity contribution >= 4 is 29.3 Å². The number of benzene rings is 3. The van der Waals surface area contributed by atoms with Gasteiger partial charge < -0.3 is 19.5 Å².